The molecule has 144 valence electrons. The number of nitrogens with one attached hydrogen (secondary N) is 2. The van der Waals surface area contributed by atoms with E-state index in [4.69, 9.17) is 23.2 Å². The normalized spacial score (nSPS) is 20.0. The number of carbonyl (C=O) groups excluding carboxylic acids is 2. The summed E-state index contributed by atoms with van der Waals surface area (Å²) in [6, 6.07) is 5.82. The number of halogens is 2. The molecule has 2 rings (SSSR count). The Morgan fingerprint density at radius 1 is 1.19 bits per heavy atom. The highest BCUT2D eigenvalue weighted by Gasteiger charge is 2.28. The van der Waals surface area contributed by atoms with Crippen LogP contribution >= 0.6 is 23.2 Å². The van der Waals surface area contributed by atoms with Gasteiger partial charge in [0.15, 0.2) is 0 Å². The average molecular weight is 399 g/mol. The maximum atomic E-state index is 12.2. The van der Waals surface area contributed by atoms with Crippen molar-refractivity contribution >= 4 is 35.0 Å². The summed E-state index contributed by atoms with van der Waals surface area (Å²) in [5.74, 6) is 0.172. The van der Waals surface area contributed by atoms with E-state index in [2.05, 4.69) is 10.6 Å². The molecule has 0 aromatic heterocycles. The van der Waals surface area contributed by atoms with Crippen LogP contribution in [0.15, 0.2) is 18.2 Å². The minimum atomic E-state index is 0.00709. The van der Waals surface area contributed by atoms with E-state index in [-0.39, 0.29) is 29.8 Å². The second-order valence-electron chi connectivity index (χ2n) is 7.39. The summed E-state index contributed by atoms with van der Waals surface area (Å²) >= 11 is 11.9. The van der Waals surface area contributed by atoms with Gasteiger partial charge in [0.25, 0.3) is 0 Å². The van der Waals surface area contributed by atoms with E-state index in [1.807, 2.05) is 26.0 Å². The molecule has 1 aromatic carbocycles. The Bertz CT molecular complexity index is 634. The SMILES string of the molecule is CC(C)NC(=O)C1CCCC(NC(=O)CCCc2ccc(Cl)c(Cl)c2)C1. The highest BCUT2D eigenvalue weighted by molar-refractivity contribution is 6.42. The van der Waals surface area contributed by atoms with Crippen molar-refractivity contribution in [3.05, 3.63) is 33.8 Å². The van der Waals surface area contributed by atoms with Crippen molar-refractivity contribution in [3.8, 4) is 0 Å². The Morgan fingerprint density at radius 2 is 1.96 bits per heavy atom. The molecule has 0 saturated heterocycles. The van der Waals surface area contributed by atoms with Crippen molar-refractivity contribution in [1.82, 2.24) is 10.6 Å². The lowest BCUT2D eigenvalue weighted by Gasteiger charge is -2.29. The first-order valence-electron chi connectivity index (χ1n) is 9.39. The van der Waals surface area contributed by atoms with Crippen LogP contribution in [0, 0.1) is 5.92 Å². The average Bonchev–Trinajstić information content (AvgIpc) is 2.57. The van der Waals surface area contributed by atoms with Crippen LogP contribution in [0.4, 0.5) is 0 Å². The van der Waals surface area contributed by atoms with Crippen LogP contribution in [0.1, 0.15) is 57.9 Å². The van der Waals surface area contributed by atoms with E-state index < -0.39 is 0 Å². The van der Waals surface area contributed by atoms with Crippen molar-refractivity contribution in [3.63, 3.8) is 0 Å². The minimum absolute atomic E-state index is 0.00709. The van der Waals surface area contributed by atoms with Crippen molar-refractivity contribution in [2.45, 2.75) is 70.9 Å². The van der Waals surface area contributed by atoms with Crippen LogP contribution in [0.25, 0.3) is 0 Å². The van der Waals surface area contributed by atoms with Crippen LogP contribution < -0.4 is 10.6 Å². The molecule has 0 heterocycles. The fourth-order valence-corrected chi connectivity index (χ4v) is 3.73. The van der Waals surface area contributed by atoms with Gasteiger partial charge in [-0.3, -0.25) is 9.59 Å². The fraction of sp³-hybridized carbons (Fsp3) is 0.600. The summed E-state index contributed by atoms with van der Waals surface area (Å²) in [6.45, 7) is 3.93. The van der Waals surface area contributed by atoms with Crippen molar-refractivity contribution in [1.29, 1.82) is 0 Å². The predicted molar refractivity (Wildman–Crippen MR) is 107 cm³/mol. The summed E-state index contributed by atoms with van der Waals surface area (Å²) < 4.78 is 0. The van der Waals surface area contributed by atoms with Gasteiger partial charge in [-0.2, -0.15) is 0 Å². The van der Waals surface area contributed by atoms with E-state index in [1.54, 1.807) is 6.07 Å². The van der Waals surface area contributed by atoms with E-state index in [9.17, 15) is 9.59 Å². The Labute approximate surface area is 166 Å². The van der Waals surface area contributed by atoms with Crippen LogP contribution in [0.5, 0.6) is 0 Å². The molecule has 2 unspecified atom stereocenters. The summed E-state index contributed by atoms with van der Waals surface area (Å²) in [5, 5.41) is 7.16. The number of rotatable bonds is 7. The van der Waals surface area contributed by atoms with E-state index in [0.717, 1.165) is 44.1 Å². The summed E-state index contributed by atoms with van der Waals surface area (Å²) in [7, 11) is 0. The smallest absolute Gasteiger partial charge is 0.223 e. The first-order chi connectivity index (χ1) is 12.3. The second-order valence-corrected chi connectivity index (χ2v) is 8.21. The molecular weight excluding hydrogens is 371 g/mol. The molecule has 1 aliphatic carbocycles. The summed E-state index contributed by atoms with van der Waals surface area (Å²) in [6.07, 6.45) is 5.58. The zero-order valence-corrected chi connectivity index (χ0v) is 17.0. The third kappa shape index (κ3) is 6.81. The molecule has 6 heteroatoms. The number of hydrogen-bond acceptors (Lipinski definition) is 2. The molecule has 2 atom stereocenters. The van der Waals surface area contributed by atoms with Crippen LogP contribution in [0.3, 0.4) is 0 Å². The third-order valence-electron chi connectivity index (χ3n) is 4.69. The van der Waals surface area contributed by atoms with Crippen LogP contribution in [-0.2, 0) is 16.0 Å². The van der Waals surface area contributed by atoms with E-state index in [1.165, 1.54) is 0 Å². The molecule has 0 aliphatic heterocycles. The molecule has 2 N–H and O–H groups in total. The molecule has 0 bridgehead atoms. The third-order valence-corrected chi connectivity index (χ3v) is 5.43. The lowest BCUT2D eigenvalue weighted by molar-refractivity contribution is -0.128. The van der Waals surface area contributed by atoms with Gasteiger partial charge in [0.1, 0.15) is 0 Å². The largest absolute Gasteiger partial charge is 0.354 e. The summed E-state index contributed by atoms with van der Waals surface area (Å²) in [5.41, 5.74) is 1.08. The molecule has 0 spiro atoms. The second kappa shape index (κ2) is 10.2. The van der Waals surface area contributed by atoms with Gasteiger partial charge in [0, 0.05) is 24.4 Å². The van der Waals surface area contributed by atoms with Gasteiger partial charge in [0.05, 0.1) is 10.0 Å². The van der Waals surface area contributed by atoms with Crippen LogP contribution in [-0.4, -0.2) is 23.9 Å². The van der Waals surface area contributed by atoms with Crippen LogP contribution in [0.2, 0.25) is 10.0 Å². The first-order valence-corrected chi connectivity index (χ1v) is 10.1. The maximum Gasteiger partial charge on any atom is 0.223 e. The van der Waals surface area contributed by atoms with E-state index >= 15 is 0 Å². The van der Waals surface area contributed by atoms with Gasteiger partial charge in [-0.05, 0) is 63.6 Å². The lowest BCUT2D eigenvalue weighted by Crippen LogP contribution is -2.43. The number of benzene rings is 1. The van der Waals surface area contributed by atoms with Gasteiger partial charge in [0.2, 0.25) is 11.8 Å². The molecular formula is C20H28Cl2N2O2. The predicted octanol–water partition coefficient (Wildman–Crippen LogP) is 4.52. The van der Waals surface area contributed by atoms with Gasteiger partial charge in [-0.25, -0.2) is 0 Å². The molecule has 26 heavy (non-hydrogen) atoms. The monoisotopic (exact) mass is 398 g/mol. The molecule has 1 aliphatic rings. The van der Waals surface area contributed by atoms with Gasteiger partial charge < -0.3 is 10.6 Å². The fourth-order valence-electron chi connectivity index (χ4n) is 3.41. The lowest BCUT2D eigenvalue weighted by atomic mass is 9.85. The minimum Gasteiger partial charge on any atom is -0.354 e. The molecule has 0 radical (unpaired) electrons. The molecule has 1 fully saturated rings. The number of aryl methyl sites for hydroxylation is 1. The molecule has 4 nitrogen and oxygen atoms in total. The van der Waals surface area contributed by atoms with Gasteiger partial charge >= 0.3 is 0 Å². The highest BCUT2D eigenvalue weighted by atomic mass is 35.5. The number of carbonyl (C=O) groups is 2. The molecule has 1 aromatic rings. The quantitative estimate of drug-likeness (QED) is 0.709. The van der Waals surface area contributed by atoms with Gasteiger partial charge in [-0.15, -0.1) is 0 Å². The van der Waals surface area contributed by atoms with Crippen molar-refractivity contribution in [2.75, 3.05) is 0 Å². The zero-order valence-electron chi connectivity index (χ0n) is 15.5. The topological polar surface area (TPSA) is 58.2 Å². The zero-order chi connectivity index (χ0) is 19.1. The van der Waals surface area contributed by atoms with Gasteiger partial charge in [-0.1, -0.05) is 35.7 Å². The Balaban J connectivity index is 1.73. The first kappa shape index (κ1) is 21.0. The van der Waals surface area contributed by atoms with E-state index in [0.29, 0.717) is 16.5 Å². The Hall–Kier alpha value is -1.26. The van der Waals surface area contributed by atoms with Crippen molar-refractivity contribution < 1.29 is 9.59 Å². The number of amides is 2. The Morgan fingerprint density at radius 3 is 2.65 bits per heavy atom. The Kier molecular flexibility index (Phi) is 8.23. The molecule has 2 amide bonds. The molecule has 1 saturated carbocycles. The summed E-state index contributed by atoms with van der Waals surface area (Å²) in [4.78, 5) is 24.4. The van der Waals surface area contributed by atoms with Crippen molar-refractivity contribution in [2.24, 2.45) is 5.92 Å². The number of hydrogen-bond donors (Lipinski definition) is 2. The standard InChI is InChI=1S/C20H28Cl2N2O2/c1-13(2)23-20(26)15-6-4-7-16(12-15)24-19(25)8-3-5-14-9-10-17(21)18(22)11-14/h9-11,13,15-16H,3-8,12H2,1-2H3,(H,23,26)(H,24,25). The highest BCUT2D eigenvalue weighted by Crippen LogP contribution is 2.25. The maximum absolute atomic E-state index is 12.2.